The summed E-state index contributed by atoms with van der Waals surface area (Å²) in [4.78, 5) is 29.8. The summed E-state index contributed by atoms with van der Waals surface area (Å²) in [7, 11) is 1.49. The number of pyridine rings is 1. The van der Waals surface area contributed by atoms with Gasteiger partial charge in [-0.1, -0.05) is 37.6 Å². The van der Waals surface area contributed by atoms with Crippen LogP contribution in [-0.4, -0.2) is 29.1 Å². The molecular weight excluding hydrogens is 358 g/mol. The highest BCUT2D eigenvalue weighted by atomic mass is 32.2. The fourth-order valence-corrected chi connectivity index (χ4v) is 6.16. The Morgan fingerprint density at radius 1 is 1.26 bits per heavy atom. The van der Waals surface area contributed by atoms with Gasteiger partial charge in [0.1, 0.15) is 5.78 Å². The predicted octanol–water partition coefficient (Wildman–Crippen LogP) is 4.92. The molecule has 5 heteroatoms. The minimum Gasteiger partial charge on any atom is -0.469 e. The Morgan fingerprint density at radius 3 is 2.78 bits per heavy atom. The second-order valence-corrected chi connectivity index (χ2v) is 9.20. The first kappa shape index (κ1) is 20.4. The molecule has 1 aromatic heterocycles. The number of carbonyl (C=O) groups is 2. The number of nitrogens with zero attached hydrogens (tertiary/aromatic N) is 1. The second-order valence-electron chi connectivity index (χ2n) is 7.98. The number of Topliss-reactive ketones (excluding diaryl/α,β-unsaturated/α-hetero) is 1. The normalized spacial score (nSPS) is 27.5. The monoisotopic (exact) mass is 389 g/mol. The molecule has 0 radical (unpaired) electrons. The maximum absolute atomic E-state index is 13.0. The smallest absolute Gasteiger partial charge is 0.309 e. The van der Waals surface area contributed by atoms with E-state index in [4.69, 9.17) is 4.74 Å². The summed E-state index contributed by atoms with van der Waals surface area (Å²) in [5.41, 5.74) is 0. The number of hydrogen-bond donors (Lipinski definition) is 0. The lowest BCUT2D eigenvalue weighted by atomic mass is 9.76. The Labute approximate surface area is 166 Å². The van der Waals surface area contributed by atoms with Gasteiger partial charge in [-0.05, 0) is 62.0 Å². The van der Waals surface area contributed by atoms with Gasteiger partial charge in [-0.2, -0.15) is 0 Å². The van der Waals surface area contributed by atoms with Gasteiger partial charge < -0.3 is 4.74 Å². The molecule has 5 atom stereocenters. The van der Waals surface area contributed by atoms with E-state index < -0.39 is 0 Å². The third kappa shape index (κ3) is 4.92. The summed E-state index contributed by atoms with van der Waals surface area (Å²) < 4.78 is 5.11. The van der Waals surface area contributed by atoms with E-state index in [-0.39, 0.29) is 23.1 Å². The van der Waals surface area contributed by atoms with Gasteiger partial charge in [-0.3, -0.25) is 9.59 Å². The van der Waals surface area contributed by atoms with Gasteiger partial charge in [0.2, 0.25) is 0 Å². The number of rotatable bonds is 10. The molecule has 2 bridgehead atoms. The van der Waals surface area contributed by atoms with Gasteiger partial charge in [0.15, 0.2) is 0 Å². The van der Waals surface area contributed by atoms with Crippen molar-refractivity contribution in [2.24, 2.45) is 23.7 Å². The Morgan fingerprint density at radius 2 is 2.07 bits per heavy atom. The lowest BCUT2D eigenvalue weighted by Crippen LogP contribution is -2.34. The first-order chi connectivity index (χ1) is 13.1. The number of methoxy groups -OCH3 is 1. The van der Waals surface area contributed by atoms with Crippen LogP contribution in [0.3, 0.4) is 0 Å². The molecule has 1 unspecified atom stereocenters. The molecule has 0 N–H and O–H groups in total. The van der Waals surface area contributed by atoms with Gasteiger partial charge in [0, 0.05) is 12.6 Å². The summed E-state index contributed by atoms with van der Waals surface area (Å²) in [6.45, 7) is 2.15. The van der Waals surface area contributed by atoms with Crippen molar-refractivity contribution in [1.82, 2.24) is 4.98 Å². The maximum Gasteiger partial charge on any atom is 0.309 e. The van der Waals surface area contributed by atoms with Crippen LogP contribution in [0.25, 0.3) is 0 Å². The number of esters is 1. The molecule has 0 saturated heterocycles. The molecule has 4 nitrogen and oxygen atoms in total. The molecule has 1 heterocycles. The molecule has 2 aliphatic rings. The van der Waals surface area contributed by atoms with E-state index in [1.807, 2.05) is 18.2 Å². The molecule has 0 amide bonds. The molecular formula is C22H31NO3S. The molecule has 0 aliphatic heterocycles. The number of carbonyl (C=O) groups excluding carboxylic acids is 2. The summed E-state index contributed by atoms with van der Waals surface area (Å²) in [5.74, 6) is 1.49. The number of unbranched alkanes of at least 4 members (excludes halogenated alkanes) is 2. The predicted molar refractivity (Wildman–Crippen MR) is 107 cm³/mol. The molecule has 0 aromatic carbocycles. The largest absolute Gasteiger partial charge is 0.469 e. The van der Waals surface area contributed by atoms with E-state index in [1.165, 1.54) is 13.5 Å². The molecule has 148 valence electrons. The molecule has 2 fully saturated rings. The molecule has 0 spiro atoms. The summed E-state index contributed by atoms with van der Waals surface area (Å²) >= 11 is 1.58. The minimum atomic E-state index is -0.117. The van der Waals surface area contributed by atoms with Crippen LogP contribution < -0.4 is 0 Å². The molecule has 2 saturated carbocycles. The van der Waals surface area contributed by atoms with Crippen LogP contribution in [0, 0.1) is 23.7 Å². The van der Waals surface area contributed by atoms with E-state index in [2.05, 4.69) is 11.9 Å². The fraction of sp³-hybridized carbons (Fsp3) is 0.682. The maximum atomic E-state index is 13.0. The van der Waals surface area contributed by atoms with Crippen molar-refractivity contribution in [3.8, 4) is 0 Å². The van der Waals surface area contributed by atoms with Crippen molar-refractivity contribution in [2.75, 3.05) is 7.11 Å². The van der Waals surface area contributed by atoms with Crippen LogP contribution in [0.2, 0.25) is 0 Å². The van der Waals surface area contributed by atoms with Gasteiger partial charge in [-0.15, -0.1) is 0 Å². The lowest BCUT2D eigenvalue weighted by Gasteiger charge is -2.31. The molecule has 1 aromatic rings. The number of hydrogen-bond acceptors (Lipinski definition) is 5. The van der Waals surface area contributed by atoms with Gasteiger partial charge in [0.05, 0.1) is 23.3 Å². The minimum absolute atomic E-state index is 0.0241. The summed E-state index contributed by atoms with van der Waals surface area (Å²) in [6.07, 6.45) is 9.76. The highest BCUT2D eigenvalue weighted by Gasteiger charge is 2.52. The number of ether oxygens (including phenoxy) is 1. The van der Waals surface area contributed by atoms with Crippen molar-refractivity contribution in [3.05, 3.63) is 24.4 Å². The summed E-state index contributed by atoms with van der Waals surface area (Å²) in [6, 6.07) is 5.82. The van der Waals surface area contributed by atoms with Gasteiger partial charge in [0.25, 0.3) is 0 Å². The quantitative estimate of drug-likeness (QED) is 0.323. The van der Waals surface area contributed by atoms with Crippen LogP contribution >= 0.6 is 11.8 Å². The van der Waals surface area contributed by atoms with E-state index in [1.54, 1.807) is 18.0 Å². The number of fused-ring (bicyclic) bond motifs is 2. The third-order valence-electron chi connectivity index (χ3n) is 6.33. The standard InChI is InChI=1S/C22H31NO3S/c1-3-4-5-8-18(24)19(27-20-9-6-7-12-23-20)14-17-15-10-11-16(13-15)21(17)22(25)26-2/h6-7,9,12,15-17,19,21H,3-5,8,10-11,13-14H2,1-2H3/t15-,16+,17+,19?,21+/m1/s1. The topological polar surface area (TPSA) is 56.3 Å². The third-order valence-corrected chi connectivity index (χ3v) is 7.56. The van der Waals surface area contributed by atoms with Crippen LogP contribution in [0.5, 0.6) is 0 Å². The number of aromatic nitrogens is 1. The van der Waals surface area contributed by atoms with E-state index in [9.17, 15) is 9.59 Å². The lowest BCUT2D eigenvalue weighted by molar-refractivity contribution is -0.149. The van der Waals surface area contributed by atoms with E-state index in [0.717, 1.165) is 43.6 Å². The number of thioether (sulfide) groups is 1. The van der Waals surface area contributed by atoms with Crippen molar-refractivity contribution >= 4 is 23.5 Å². The van der Waals surface area contributed by atoms with E-state index in [0.29, 0.717) is 24.0 Å². The van der Waals surface area contributed by atoms with Crippen LogP contribution in [0.1, 0.15) is 58.3 Å². The second kappa shape index (κ2) is 9.72. The molecule has 2 aliphatic carbocycles. The molecule has 27 heavy (non-hydrogen) atoms. The zero-order valence-electron chi connectivity index (χ0n) is 16.4. The Hall–Kier alpha value is -1.36. The Kier molecular flexibility index (Phi) is 7.33. The van der Waals surface area contributed by atoms with Crippen LogP contribution in [-0.2, 0) is 14.3 Å². The van der Waals surface area contributed by atoms with Crippen molar-refractivity contribution in [3.63, 3.8) is 0 Å². The SMILES string of the molecule is CCCCCC(=O)C(C[C@H]1[C@@H]2CC[C@@H](C2)[C@@H]1C(=O)OC)Sc1ccccn1. The Balaban J connectivity index is 1.73. The highest BCUT2D eigenvalue weighted by Crippen LogP contribution is 2.55. The van der Waals surface area contributed by atoms with Gasteiger partial charge in [-0.25, -0.2) is 4.98 Å². The van der Waals surface area contributed by atoms with Crippen molar-refractivity contribution in [2.45, 2.75) is 68.6 Å². The van der Waals surface area contributed by atoms with Crippen LogP contribution in [0.4, 0.5) is 0 Å². The van der Waals surface area contributed by atoms with Gasteiger partial charge >= 0.3 is 5.97 Å². The average Bonchev–Trinajstić information content (AvgIpc) is 3.29. The van der Waals surface area contributed by atoms with E-state index >= 15 is 0 Å². The Bertz CT molecular complexity index is 636. The first-order valence-corrected chi connectivity index (χ1v) is 11.2. The first-order valence-electron chi connectivity index (χ1n) is 10.3. The zero-order valence-corrected chi connectivity index (χ0v) is 17.2. The van der Waals surface area contributed by atoms with Crippen molar-refractivity contribution < 1.29 is 14.3 Å². The summed E-state index contributed by atoms with van der Waals surface area (Å²) in [5, 5.41) is 0.775. The average molecular weight is 390 g/mol. The number of ketones is 1. The van der Waals surface area contributed by atoms with Crippen LogP contribution in [0.15, 0.2) is 29.4 Å². The zero-order chi connectivity index (χ0) is 19.2. The van der Waals surface area contributed by atoms with Crippen molar-refractivity contribution in [1.29, 1.82) is 0 Å². The molecule has 3 rings (SSSR count). The fourth-order valence-electron chi connectivity index (χ4n) is 5.02. The highest BCUT2D eigenvalue weighted by molar-refractivity contribution is 8.00.